The summed E-state index contributed by atoms with van der Waals surface area (Å²) in [6.07, 6.45) is 8.43. The van der Waals surface area contributed by atoms with Crippen LogP contribution < -0.4 is 11.1 Å². The predicted molar refractivity (Wildman–Crippen MR) is 104 cm³/mol. The lowest BCUT2D eigenvalue weighted by Crippen LogP contribution is -2.15. The molecular weight excluding hydrogens is 280 g/mol. The first-order valence-electron chi connectivity index (χ1n) is 8.67. The molecule has 1 rings (SSSR count). The van der Waals surface area contributed by atoms with E-state index in [1.54, 1.807) is 0 Å². The average Bonchev–Trinajstić information content (AvgIpc) is 2.55. The van der Waals surface area contributed by atoms with Gasteiger partial charge in [-0.1, -0.05) is 51.1 Å². The Labute approximate surface area is 142 Å². The maximum absolute atomic E-state index is 5.96. The highest BCUT2D eigenvalue weighted by Gasteiger charge is 2.00. The van der Waals surface area contributed by atoms with Crippen LogP contribution in [0.1, 0.15) is 51.7 Å². The summed E-state index contributed by atoms with van der Waals surface area (Å²) in [7, 11) is 0. The van der Waals surface area contributed by atoms with Crippen LogP contribution >= 0.6 is 0 Å². The fourth-order valence-electron chi connectivity index (χ4n) is 2.46. The van der Waals surface area contributed by atoms with Gasteiger partial charge in [-0.2, -0.15) is 0 Å². The van der Waals surface area contributed by atoms with Crippen molar-refractivity contribution in [2.24, 2.45) is 0 Å². The Morgan fingerprint density at radius 2 is 1.91 bits per heavy atom. The summed E-state index contributed by atoms with van der Waals surface area (Å²) < 4.78 is 0. The minimum atomic E-state index is 0.897. The van der Waals surface area contributed by atoms with Crippen LogP contribution in [0.15, 0.2) is 53.8 Å². The van der Waals surface area contributed by atoms with Crippen LogP contribution in [0.3, 0.4) is 0 Å². The average molecular weight is 313 g/mol. The molecule has 0 saturated heterocycles. The third-order valence-electron chi connectivity index (χ3n) is 4.06. The molecule has 0 spiro atoms. The lowest BCUT2D eigenvalue weighted by molar-refractivity contribution is 0.785. The van der Waals surface area contributed by atoms with Crippen LogP contribution in [0.5, 0.6) is 0 Å². The molecule has 0 aliphatic heterocycles. The van der Waals surface area contributed by atoms with Crippen LogP contribution in [0, 0.1) is 0 Å². The Kier molecular flexibility index (Phi) is 8.25. The standard InChI is InChI=1S/C21H32N2/c1-6-16(4)13-18(7-2)14-17(5)23-12-11-19-9-10-21(22)20(8-3)15-19/h9-10,13-15,23H,4,6-8,11-12,22H2,1-3,5H3/b17-14+,18-13-. The zero-order chi connectivity index (χ0) is 17.2. The summed E-state index contributed by atoms with van der Waals surface area (Å²) in [6.45, 7) is 13.6. The van der Waals surface area contributed by atoms with Gasteiger partial charge in [0.05, 0.1) is 0 Å². The van der Waals surface area contributed by atoms with E-state index in [-0.39, 0.29) is 0 Å². The molecule has 0 amide bonds. The highest BCUT2D eigenvalue weighted by atomic mass is 14.9. The van der Waals surface area contributed by atoms with Crippen molar-refractivity contribution in [3.05, 3.63) is 64.9 Å². The zero-order valence-corrected chi connectivity index (χ0v) is 15.2. The van der Waals surface area contributed by atoms with Crippen LogP contribution in [0.2, 0.25) is 0 Å². The fraction of sp³-hybridized carbons (Fsp3) is 0.429. The highest BCUT2D eigenvalue weighted by Crippen LogP contribution is 2.15. The van der Waals surface area contributed by atoms with Crippen molar-refractivity contribution in [2.75, 3.05) is 12.3 Å². The fourth-order valence-corrected chi connectivity index (χ4v) is 2.46. The number of aryl methyl sites for hydroxylation is 1. The maximum Gasteiger partial charge on any atom is 0.0346 e. The van der Waals surface area contributed by atoms with Crippen molar-refractivity contribution in [2.45, 2.75) is 53.4 Å². The molecule has 0 aromatic heterocycles. The largest absolute Gasteiger partial charge is 0.399 e. The number of allylic oxidation sites excluding steroid dienone is 5. The van der Waals surface area contributed by atoms with Gasteiger partial charge >= 0.3 is 0 Å². The van der Waals surface area contributed by atoms with E-state index < -0.39 is 0 Å². The zero-order valence-electron chi connectivity index (χ0n) is 15.2. The number of rotatable bonds is 9. The Morgan fingerprint density at radius 3 is 2.52 bits per heavy atom. The number of nitrogens with one attached hydrogen (secondary N) is 1. The first-order valence-corrected chi connectivity index (χ1v) is 8.67. The van der Waals surface area contributed by atoms with Crippen molar-refractivity contribution in [3.63, 3.8) is 0 Å². The van der Waals surface area contributed by atoms with Gasteiger partial charge in [-0.15, -0.1) is 0 Å². The van der Waals surface area contributed by atoms with E-state index in [0.717, 1.165) is 37.9 Å². The van der Waals surface area contributed by atoms with Crippen molar-refractivity contribution in [3.8, 4) is 0 Å². The number of nitrogens with two attached hydrogens (primary N) is 1. The highest BCUT2D eigenvalue weighted by molar-refractivity contribution is 5.48. The van der Waals surface area contributed by atoms with Crippen molar-refractivity contribution >= 4 is 5.69 Å². The molecule has 0 bridgehead atoms. The summed E-state index contributed by atoms with van der Waals surface area (Å²) in [4.78, 5) is 0. The first-order chi connectivity index (χ1) is 11.0. The van der Waals surface area contributed by atoms with Crippen LogP contribution in [0.4, 0.5) is 5.69 Å². The molecule has 0 saturated carbocycles. The van der Waals surface area contributed by atoms with Gasteiger partial charge in [0.2, 0.25) is 0 Å². The molecule has 2 nitrogen and oxygen atoms in total. The Bertz CT molecular complexity index is 580. The van der Waals surface area contributed by atoms with E-state index in [4.69, 9.17) is 5.73 Å². The molecule has 0 aliphatic rings. The minimum Gasteiger partial charge on any atom is -0.399 e. The van der Waals surface area contributed by atoms with Gasteiger partial charge in [0, 0.05) is 17.9 Å². The topological polar surface area (TPSA) is 38.0 Å². The molecule has 0 atom stereocenters. The van der Waals surface area contributed by atoms with Crippen LogP contribution in [-0.2, 0) is 12.8 Å². The van der Waals surface area contributed by atoms with Crippen molar-refractivity contribution < 1.29 is 0 Å². The van der Waals surface area contributed by atoms with Crippen LogP contribution in [-0.4, -0.2) is 6.54 Å². The van der Waals surface area contributed by atoms with E-state index in [2.05, 4.69) is 63.9 Å². The predicted octanol–water partition coefficient (Wildman–Crippen LogP) is 5.17. The first kappa shape index (κ1) is 19.1. The van der Waals surface area contributed by atoms with E-state index in [9.17, 15) is 0 Å². The minimum absolute atomic E-state index is 0.897. The molecule has 2 heteroatoms. The summed E-state index contributed by atoms with van der Waals surface area (Å²) >= 11 is 0. The number of hydrogen-bond donors (Lipinski definition) is 2. The Balaban J connectivity index is 2.58. The smallest absolute Gasteiger partial charge is 0.0346 e. The molecule has 126 valence electrons. The Morgan fingerprint density at radius 1 is 1.17 bits per heavy atom. The van der Waals surface area contributed by atoms with Crippen LogP contribution in [0.25, 0.3) is 0 Å². The van der Waals surface area contributed by atoms with E-state index >= 15 is 0 Å². The second-order valence-electron chi connectivity index (χ2n) is 5.98. The molecular formula is C21H32N2. The second-order valence-corrected chi connectivity index (χ2v) is 5.98. The molecule has 0 fully saturated rings. The lowest BCUT2D eigenvalue weighted by Gasteiger charge is -2.10. The van der Waals surface area contributed by atoms with Gasteiger partial charge in [-0.3, -0.25) is 0 Å². The molecule has 0 radical (unpaired) electrons. The van der Waals surface area contributed by atoms with E-state index in [1.165, 1.54) is 28.0 Å². The molecule has 1 aromatic carbocycles. The van der Waals surface area contributed by atoms with Crippen molar-refractivity contribution in [1.82, 2.24) is 5.32 Å². The van der Waals surface area contributed by atoms with Gasteiger partial charge < -0.3 is 11.1 Å². The molecule has 0 unspecified atom stereocenters. The maximum atomic E-state index is 5.96. The summed E-state index contributed by atoms with van der Waals surface area (Å²) in [5.41, 5.74) is 13.1. The number of benzene rings is 1. The molecule has 0 aliphatic carbocycles. The second kappa shape index (κ2) is 9.94. The van der Waals surface area contributed by atoms with Gasteiger partial charge in [0.25, 0.3) is 0 Å². The summed E-state index contributed by atoms with van der Waals surface area (Å²) in [5, 5.41) is 3.50. The van der Waals surface area contributed by atoms with E-state index in [1.807, 2.05) is 6.07 Å². The quantitative estimate of drug-likeness (QED) is 0.487. The van der Waals surface area contributed by atoms with Crippen molar-refractivity contribution in [1.29, 1.82) is 0 Å². The molecule has 23 heavy (non-hydrogen) atoms. The molecule has 1 aromatic rings. The number of anilines is 1. The SMILES string of the molecule is C=C(/C=C(\C=C(/C)NCCc1ccc(N)c(CC)c1)CC)CC. The molecule has 3 N–H and O–H groups in total. The number of hydrogen-bond acceptors (Lipinski definition) is 2. The summed E-state index contributed by atoms with van der Waals surface area (Å²) in [6, 6.07) is 6.36. The van der Waals surface area contributed by atoms with Gasteiger partial charge in [0.1, 0.15) is 0 Å². The number of nitrogen functional groups attached to an aromatic ring is 1. The third-order valence-corrected chi connectivity index (χ3v) is 4.06. The lowest BCUT2D eigenvalue weighted by atomic mass is 10.0. The third kappa shape index (κ3) is 6.77. The van der Waals surface area contributed by atoms with Gasteiger partial charge in [0.15, 0.2) is 0 Å². The van der Waals surface area contributed by atoms with Gasteiger partial charge in [-0.05, 0) is 61.4 Å². The van der Waals surface area contributed by atoms with E-state index in [0.29, 0.717) is 0 Å². The normalized spacial score (nSPS) is 12.3. The van der Waals surface area contributed by atoms with Gasteiger partial charge in [-0.25, -0.2) is 0 Å². The Hall–Kier alpha value is -1.96. The molecule has 0 heterocycles. The summed E-state index contributed by atoms with van der Waals surface area (Å²) in [5.74, 6) is 0. The monoisotopic (exact) mass is 312 g/mol.